The van der Waals surface area contributed by atoms with Gasteiger partial charge in [0, 0.05) is 5.69 Å². The maximum absolute atomic E-state index is 8.84. The summed E-state index contributed by atoms with van der Waals surface area (Å²) in [5.74, 6) is 0. The van der Waals surface area contributed by atoms with E-state index in [1.165, 1.54) is 0 Å². The molecule has 0 radical (unpaired) electrons. The fourth-order valence-corrected chi connectivity index (χ4v) is 0.709. The van der Waals surface area contributed by atoms with Crippen molar-refractivity contribution in [2.24, 2.45) is 0 Å². The minimum atomic E-state index is -0.546. The van der Waals surface area contributed by atoms with Crippen molar-refractivity contribution in [3.8, 4) is 0 Å². The molecule has 0 bridgehead atoms. The summed E-state index contributed by atoms with van der Waals surface area (Å²) in [6.45, 7) is 1.65. The van der Waals surface area contributed by atoms with Crippen molar-refractivity contribution in [3.63, 3.8) is 0 Å². The minimum Gasteiger partial charge on any atom is -0.377 e. The van der Waals surface area contributed by atoms with Crippen molar-refractivity contribution in [1.82, 2.24) is 5.43 Å². The molecule has 1 atom stereocenters. The summed E-state index contributed by atoms with van der Waals surface area (Å²) in [7, 11) is 0. The number of aliphatic hydroxyl groups is 1. The smallest absolute Gasteiger partial charge is 0.118 e. The van der Waals surface area contributed by atoms with Crippen molar-refractivity contribution in [2.45, 2.75) is 13.2 Å². The lowest BCUT2D eigenvalue weighted by Crippen LogP contribution is -2.30. The molecule has 1 aromatic rings. The fraction of sp³-hybridized carbons (Fsp3) is 0.250. The molecule has 0 saturated heterocycles. The highest BCUT2D eigenvalue weighted by molar-refractivity contribution is 5.41. The molecule has 3 nitrogen and oxygen atoms in total. The maximum atomic E-state index is 8.84. The van der Waals surface area contributed by atoms with Gasteiger partial charge in [0.2, 0.25) is 0 Å². The second kappa shape index (κ2) is 3.95. The Morgan fingerprint density at radius 2 is 1.91 bits per heavy atom. The van der Waals surface area contributed by atoms with E-state index in [4.69, 9.17) is 5.11 Å². The Morgan fingerprint density at radius 3 is 2.45 bits per heavy atom. The molecule has 0 heterocycles. The average molecular weight is 152 g/mol. The molecule has 0 aliphatic carbocycles. The van der Waals surface area contributed by atoms with Crippen molar-refractivity contribution in [1.29, 1.82) is 0 Å². The zero-order valence-corrected chi connectivity index (χ0v) is 6.41. The van der Waals surface area contributed by atoms with E-state index in [1.54, 1.807) is 6.92 Å². The quantitative estimate of drug-likeness (QED) is 0.446. The predicted molar refractivity (Wildman–Crippen MR) is 44.9 cm³/mol. The molecule has 1 rings (SSSR count). The minimum absolute atomic E-state index is 0.546. The van der Waals surface area contributed by atoms with Crippen LogP contribution in [0.4, 0.5) is 5.69 Å². The Balaban J connectivity index is 2.39. The van der Waals surface area contributed by atoms with Gasteiger partial charge in [0.1, 0.15) is 6.23 Å². The van der Waals surface area contributed by atoms with Crippen molar-refractivity contribution >= 4 is 5.69 Å². The maximum Gasteiger partial charge on any atom is 0.118 e. The molecule has 0 spiro atoms. The summed E-state index contributed by atoms with van der Waals surface area (Å²) >= 11 is 0. The molecule has 0 fully saturated rings. The Labute approximate surface area is 66.0 Å². The lowest BCUT2D eigenvalue weighted by molar-refractivity contribution is 0.166. The molecule has 0 amide bonds. The first kappa shape index (κ1) is 8.04. The molecule has 0 aliphatic rings. The number of nitrogens with one attached hydrogen (secondary N) is 2. The van der Waals surface area contributed by atoms with Crippen LogP contribution >= 0.6 is 0 Å². The topological polar surface area (TPSA) is 44.3 Å². The van der Waals surface area contributed by atoms with Gasteiger partial charge in [0.25, 0.3) is 0 Å². The standard InChI is InChI=1S/C8H12N2O/c1-7(11)9-10-8-5-3-2-4-6-8/h2-7,9-11H,1H3. The third-order valence-electron chi connectivity index (χ3n) is 1.20. The van der Waals surface area contributed by atoms with E-state index in [2.05, 4.69) is 10.9 Å². The first-order valence-electron chi connectivity index (χ1n) is 3.53. The Kier molecular flexibility index (Phi) is 2.89. The second-order valence-electron chi connectivity index (χ2n) is 2.31. The van der Waals surface area contributed by atoms with Gasteiger partial charge in [-0.2, -0.15) is 0 Å². The molecule has 0 aromatic heterocycles. The van der Waals surface area contributed by atoms with Gasteiger partial charge in [-0.05, 0) is 19.1 Å². The number of benzene rings is 1. The molecule has 1 unspecified atom stereocenters. The molecule has 0 aliphatic heterocycles. The molecule has 3 heteroatoms. The lowest BCUT2D eigenvalue weighted by Gasteiger charge is -2.09. The summed E-state index contributed by atoms with van der Waals surface area (Å²) in [4.78, 5) is 0. The van der Waals surface area contributed by atoms with Gasteiger partial charge in [-0.3, -0.25) is 0 Å². The van der Waals surface area contributed by atoms with Crippen LogP contribution in [0, 0.1) is 0 Å². The number of hydrogen-bond donors (Lipinski definition) is 3. The normalized spacial score (nSPS) is 12.5. The van der Waals surface area contributed by atoms with Crippen molar-refractivity contribution in [3.05, 3.63) is 30.3 Å². The molecular weight excluding hydrogens is 140 g/mol. The van der Waals surface area contributed by atoms with Crippen LogP contribution < -0.4 is 10.9 Å². The molecule has 0 saturated carbocycles. The van der Waals surface area contributed by atoms with Crippen molar-refractivity contribution in [2.75, 3.05) is 5.43 Å². The largest absolute Gasteiger partial charge is 0.377 e. The number of aliphatic hydroxyl groups excluding tert-OH is 1. The Hall–Kier alpha value is -1.06. The Bertz CT molecular complexity index is 199. The summed E-state index contributed by atoms with van der Waals surface area (Å²) in [5.41, 5.74) is 6.45. The number of hydrogen-bond acceptors (Lipinski definition) is 3. The third kappa shape index (κ3) is 3.02. The first-order valence-corrected chi connectivity index (χ1v) is 3.53. The van der Waals surface area contributed by atoms with Crippen LogP contribution in [0.5, 0.6) is 0 Å². The zero-order valence-electron chi connectivity index (χ0n) is 6.41. The number of anilines is 1. The van der Waals surface area contributed by atoms with Crippen LogP contribution in [0.3, 0.4) is 0 Å². The molecule has 11 heavy (non-hydrogen) atoms. The van der Waals surface area contributed by atoms with Crippen LogP contribution in [-0.4, -0.2) is 11.3 Å². The van der Waals surface area contributed by atoms with E-state index in [9.17, 15) is 0 Å². The monoisotopic (exact) mass is 152 g/mol. The number of hydrazine groups is 1. The summed E-state index contributed by atoms with van der Waals surface area (Å²) in [6.07, 6.45) is -0.546. The van der Waals surface area contributed by atoms with Crippen LogP contribution in [0.25, 0.3) is 0 Å². The van der Waals surface area contributed by atoms with Crippen LogP contribution in [0.15, 0.2) is 30.3 Å². The van der Waals surface area contributed by atoms with Crippen molar-refractivity contribution < 1.29 is 5.11 Å². The summed E-state index contributed by atoms with van der Waals surface area (Å²) < 4.78 is 0. The fourth-order valence-electron chi connectivity index (χ4n) is 0.709. The highest BCUT2D eigenvalue weighted by Crippen LogP contribution is 2.02. The SMILES string of the molecule is CC(O)NNc1ccccc1. The van der Waals surface area contributed by atoms with Gasteiger partial charge >= 0.3 is 0 Å². The second-order valence-corrected chi connectivity index (χ2v) is 2.31. The van der Waals surface area contributed by atoms with Gasteiger partial charge in [-0.15, -0.1) is 0 Å². The number of rotatable bonds is 3. The van der Waals surface area contributed by atoms with Gasteiger partial charge < -0.3 is 10.5 Å². The van der Waals surface area contributed by atoms with Gasteiger partial charge in [0.15, 0.2) is 0 Å². The van der Waals surface area contributed by atoms with E-state index in [0.29, 0.717) is 0 Å². The van der Waals surface area contributed by atoms with Crippen LogP contribution in [0.2, 0.25) is 0 Å². The molecule has 1 aromatic carbocycles. The Morgan fingerprint density at radius 1 is 1.27 bits per heavy atom. The highest BCUT2D eigenvalue weighted by atomic mass is 16.3. The zero-order chi connectivity index (χ0) is 8.10. The molecular formula is C8H12N2O. The van der Waals surface area contributed by atoms with Gasteiger partial charge in [0.05, 0.1) is 0 Å². The van der Waals surface area contributed by atoms with Gasteiger partial charge in [-0.1, -0.05) is 18.2 Å². The van der Waals surface area contributed by atoms with E-state index in [-0.39, 0.29) is 0 Å². The van der Waals surface area contributed by atoms with E-state index < -0.39 is 6.23 Å². The molecule has 3 N–H and O–H groups in total. The van der Waals surface area contributed by atoms with Gasteiger partial charge in [-0.25, -0.2) is 5.43 Å². The third-order valence-corrected chi connectivity index (χ3v) is 1.20. The lowest BCUT2D eigenvalue weighted by atomic mass is 10.3. The molecule has 60 valence electrons. The van der Waals surface area contributed by atoms with Crippen LogP contribution in [0.1, 0.15) is 6.92 Å². The predicted octanol–water partition coefficient (Wildman–Crippen LogP) is 0.941. The average Bonchev–Trinajstić information content (AvgIpc) is 2.03. The van der Waals surface area contributed by atoms with Crippen LogP contribution in [-0.2, 0) is 0 Å². The number of para-hydroxylation sites is 1. The van der Waals surface area contributed by atoms with E-state index in [0.717, 1.165) is 5.69 Å². The van der Waals surface area contributed by atoms with E-state index in [1.807, 2.05) is 30.3 Å². The van der Waals surface area contributed by atoms with E-state index >= 15 is 0 Å². The summed E-state index contributed by atoms with van der Waals surface area (Å²) in [6, 6.07) is 9.61. The summed E-state index contributed by atoms with van der Waals surface area (Å²) in [5, 5.41) is 8.84. The first-order chi connectivity index (χ1) is 5.29. The highest BCUT2D eigenvalue weighted by Gasteiger charge is 1.91.